The van der Waals surface area contributed by atoms with Gasteiger partial charge < -0.3 is 10.4 Å². The molecule has 2 aromatic rings. The molecule has 1 aromatic heterocycles. The Morgan fingerprint density at radius 1 is 1.33 bits per heavy atom. The number of hydrogen-bond acceptors (Lipinski definition) is 3. The maximum atomic E-state index is 12.3. The molecule has 0 aliphatic carbocycles. The van der Waals surface area contributed by atoms with Crippen molar-refractivity contribution in [3.63, 3.8) is 0 Å². The Hall–Kier alpha value is -2.09. The first-order valence-corrected chi connectivity index (χ1v) is 7.60. The first-order chi connectivity index (χ1) is 10.2. The zero-order valence-corrected chi connectivity index (χ0v) is 12.7. The van der Waals surface area contributed by atoms with E-state index in [2.05, 4.69) is 17.2 Å². The number of carbonyl (C=O) groups excluding carboxylic acids is 1. The van der Waals surface area contributed by atoms with Crippen molar-refractivity contribution in [2.75, 3.05) is 6.61 Å². The van der Waals surface area contributed by atoms with E-state index in [9.17, 15) is 4.79 Å². The molecular formula is C17H17NO2S. The van der Waals surface area contributed by atoms with Gasteiger partial charge in [0.05, 0.1) is 18.7 Å². The molecule has 0 aliphatic rings. The number of hydrogen-bond donors (Lipinski definition) is 2. The van der Waals surface area contributed by atoms with Crippen molar-refractivity contribution in [1.29, 1.82) is 0 Å². The van der Waals surface area contributed by atoms with Crippen LogP contribution < -0.4 is 5.32 Å². The smallest absolute Gasteiger partial charge is 0.252 e. The van der Waals surface area contributed by atoms with Gasteiger partial charge in [-0.1, -0.05) is 24.0 Å². The Kier molecular flexibility index (Phi) is 5.56. The lowest BCUT2D eigenvalue weighted by molar-refractivity contribution is 0.0951. The molecule has 4 heteroatoms. The number of aryl methyl sites for hydroxylation is 1. The third kappa shape index (κ3) is 4.19. The largest absolute Gasteiger partial charge is 0.395 e. The molecule has 0 spiro atoms. The van der Waals surface area contributed by atoms with E-state index in [-0.39, 0.29) is 12.5 Å². The fourth-order valence-electron chi connectivity index (χ4n) is 1.84. The van der Waals surface area contributed by atoms with Gasteiger partial charge in [0.2, 0.25) is 0 Å². The van der Waals surface area contributed by atoms with Crippen LogP contribution in [0.2, 0.25) is 0 Å². The molecule has 1 heterocycles. The summed E-state index contributed by atoms with van der Waals surface area (Å²) < 4.78 is 0. The van der Waals surface area contributed by atoms with Gasteiger partial charge in [0.1, 0.15) is 0 Å². The fourth-order valence-corrected chi connectivity index (χ4v) is 2.69. The molecule has 0 fully saturated rings. The summed E-state index contributed by atoms with van der Waals surface area (Å²) in [6.07, 6.45) is 0.407. The monoisotopic (exact) mass is 299 g/mol. The highest BCUT2D eigenvalue weighted by atomic mass is 32.1. The molecule has 0 saturated carbocycles. The zero-order valence-electron chi connectivity index (χ0n) is 11.8. The molecule has 1 amide bonds. The van der Waals surface area contributed by atoms with Crippen molar-refractivity contribution in [3.8, 4) is 11.8 Å². The van der Waals surface area contributed by atoms with Gasteiger partial charge in [0.25, 0.3) is 5.91 Å². The average molecular weight is 299 g/mol. The van der Waals surface area contributed by atoms with E-state index in [0.29, 0.717) is 24.1 Å². The molecule has 1 aromatic carbocycles. The van der Waals surface area contributed by atoms with E-state index in [1.807, 2.05) is 36.6 Å². The van der Waals surface area contributed by atoms with E-state index in [1.54, 1.807) is 17.4 Å². The molecular weight excluding hydrogens is 282 g/mol. The second kappa shape index (κ2) is 7.63. The number of nitrogens with one attached hydrogen (secondary N) is 1. The van der Waals surface area contributed by atoms with Crippen LogP contribution in [0, 0.1) is 18.8 Å². The molecule has 0 bridgehead atoms. The average Bonchev–Trinajstić information content (AvgIpc) is 2.91. The van der Waals surface area contributed by atoms with Crippen LogP contribution in [0.5, 0.6) is 0 Å². The highest BCUT2D eigenvalue weighted by Gasteiger charge is 2.10. The zero-order chi connectivity index (χ0) is 15.1. The number of carbonyl (C=O) groups is 1. The van der Waals surface area contributed by atoms with Crippen LogP contribution in [0.3, 0.4) is 0 Å². The minimum absolute atomic E-state index is 0.0268. The van der Waals surface area contributed by atoms with Crippen LogP contribution in [0.25, 0.3) is 0 Å². The van der Waals surface area contributed by atoms with Crippen LogP contribution in [0.4, 0.5) is 0 Å². The van der Waals surface area contributed by atoms with Crippen LogP contribution in [0.1, 0.15) is 32.8 Å². The summed E-state index contributed by atoms with van der Waals surface area (Å²) in [7, 11) is 0. The molecule has 0 atom stereocenters. The molecule has 0 radical (unpaired) electrons. The minimum Gasteiger partial charge on any atom is -0.395 e. The van der Waals surface area contributed by atoms with Gasteiger partial charge in [0, 0.05) is 16.9 Å². The van der Waals surface area contributed by atoms with Gasteiger partial charge in [-0.2, -0.15) is 0 Å². The number of benzene rings is 1. The number of thiophene rings is 1. The predicted octanol–water partition coefficient (Wildman–Crippen LogP) is 2.72. The highest BCUT2D eigenvalue weighted by Crippen LogP contribution is 2.15. The molecule has 21 heavy (non-hydrogen) atoms. The second-order valence-electron chi connectivity index (χ2n) is 4.53. The van der Waals surface area contributed by atoms with Gasteiger partial charge >= 0.3 is 0 Å². The summed E-state index contributed by atoms with van der Waals surface area (Å²) in [6, 6.07) is 9.29. The molecule has 0 unspecified atom stereocenters. The minimum atomic E-state index is -0.128. The SMILES string of the molecule is Cc1ccsc1CNC(=O)c1ccccc1C#CCCO. The Bertz CT molecular complexity index is 679. The summed E-state index contributed by atoms with van der Waals surface area (Å²) in [5.41, 5.74) is 2.44. The Balaban J connectivity index is 2.09. The quantitative estimate of drug-likeness (QED) is 0.853. The van der Waals surface area contributed by atoms with Crippen LogP contribution in [0.15, 0.2) is 35.7 Å². The van der Waals surface area contributed by atoms with Crippen LogP contribution in [-0.2, 0) is 6.54 Å². The van der Waals surface area contributed by atoms with Gasteiger partial charge in [-0.15, -0.1) is 11.3 Å². The van der Waals surface area contributed by atoms with E-state index in [4.69, 9.17) is 5.11 Å². The van der Waals surface area contributed by atoms with Gasteiger partial charge in [0.15, 0.2) is 0 Å². The maximum Gasteiger partial charge on any atom is 0.252 e. The summed E-state index contributed by atoms with van der Waals surface area (Å²) in [6.45, 7) is 2.59. The Morgan fingerprint density at radius 2 is 2.14 bits per heavy atom. The molecule has 3 nitrogen and oxygen atoms in total. The van der Waals surface area contributed by atoms with E-state index in [0.717, 1.165) is 4.88 Å². The highest BCUT2D eigenvalue weighted by molar-refractivity contribution is 7.10. The molecule has 0 saturated heterocycles. The third-order valence-corrected chi connectivity index (χ3v) is 4.03. The van der Waals surface area contributed by atoms with Crippen molar-refractivity contribution in [2.24, 2.45) is 0 Å². The Labute approximate surface area is 128 Å². The molecule has 0 aliphatic heterocycles. The Morgan fingerprint density at radius 3 is 2.86 bits per heavy atom. The number of rotatable bonds is 4. The maximum absolute atomic E-state index is 12.3. The van der Waals surface area contributed by atoms with Crippen molar-refractivity contribution in [1.82, 2.24) is 5.32 Å². The van der Waals surface area contributed by atoms with E-state index in [1.165, 1.54) is 5.56 Å². The predicted molar refractivity (Wildman–Crippen MR) is 85.2 cm³/mol. The summed E-state index contributed by atoms with van der Waals surface area (Å²) in [5.74, 6) is 5.65. The topological polar surface area (TPSA) is 49.3 Å². The van der Waals surface area contributed by atoms with Gasteiger partial charge in [-0.25, -0.2) is 0 Å². The molecule has 2 N–H and O–H groups in total. The lowest BCUT2D eigenvalue weighted by Crippen LogP contribution is -2.23. The van der Waals surface area contributed by atoms with E-state index < -0.39 is 0 Å². The van der Waals surface area contributed by atoms with Gasteiger partial charge in [-0.3, -0.25) is 4.79 Å². The van der Waals surface area contributed by atoms with Crippen LogP contribution >= 0.6 is 11.3 Å². The summed E-state index contributed by atoms with van der Waals surface area (Å²) in [4.78, 5) is 13.4. The summed E-state index contributed by atoms with van der Waals surface area (Å²) in [5, 5.41) is 13.7. The fraction of sp³-hybridized carbons (Fsp3) is 0.235. The standard InChI is InChI=1S/C17H17NO2S/c1-13-9-11-21-16(13)12-18-17(20)15-8-3-2-6-14(15)7-4-5-10-19/h2-3,6,8-9,11,19H,5,10,12H2,1H3,(H,18,20). The van der Waals surface area contributed by atoms with Crippen molar-refractivity contribution in [3.05, 3.63) is 57.3 Å². The summed E-state index contributed by atoms with van der Waals surface area (Å²) >= 11 is 1.64. The first kappa shape index (κ1) is 15.3. The number of aliphatic hydroxyl groups excluding tert-OH is 1. The molecule has 2 rings (SSSR count). The first-order valence-electron chi connectivity index (χ1n) is 6.72. The van der Waals surface area contributed by atoms with Gasteiger partial charge in [-0.05, 0) is 36.1 Å². The lowest BCUT2D eigenvalue weighted by Gasteiger charge is -2.06. The lowest BCUT2D eigenvalue weighted by atomic mass is 10.1. The third-order valence-electron chi connectivity index (χ3n) is 3.01. The van der Waals surface area contributed by atoms with E-state index >= 15 is 0 Å². The van der Waals surface area contributed by atoms with Crippen LogP contribution in [-0.4, -0.2) is 17.6 Å². The second-order valence-corrected chi connectivity index (χ2v) is 5.53. The number of amides is 1. The van der Waals surface area contributed by atoms with Crippen molar-refractivity contribution < 1.29 is 9.90 Å². The van der Waals surface area contributed by atoms with Crippen molar-refractivity contribution >= 4 is 17.2 Å². The molecule has 108 valence electrons. The van der Waals surface area contributed by atoms with Crippen molar-refractivity contribution in [2.45, 2.75) is 19.9 Å². The number of aliphatic hydroxyl groups is 1. The normalized spacial score (nSPS) is 9.81.